The van der Waals surface area contributed by atoms with E-state index in [9.17, 15) is 4.79 Å². The third-order valence-corrected chi connectivity index (χ3v) is 2.25. The lowest BCUT2D eigenvalue weighted by Gasteiger charge is -2.05. The molecule has 16 heavy (non-hydrogen) atoms. The van der Waals surface area contributed by atoms with Crippen LogP contribution in [0.3, 0.4) is 0 Å². The Morgan fingerprint density at radius 1 is 1.38 bits per heavy atom. The van der Waals surface area contributed by atoms with Gasteiger partial charge in [-0.25, -0.2) is 4.98 Å². The third-order valence-electron chi connectivity index (χ3n) is 2.25. The van der Waals surface area contributed by atoms with Crippen molar-refractivity contribution in [3.63, 3.8) is 0 Å². The highest BCUT2D eigenvalue weighted by Gasteiger charge is 2.01. The monoisotopic (exact) mass is 216 g/mol. The van der Waals surface area contributed by atoms with Crippen LogP contribution in [-0.2, 0) is 6.54 Å². The van der Waals surface area contributed by atoms with Crippen LogP contribution in [0, 0.1) is 6.92 Å². The van der Waals surface area contributed by atoms with Gasteiger partial charge in [0.1, 0.15) is 0 Å². The topological polar surface area (TPSA) is 70.7 Å². The zero-order valence-corrected chi connectivity index (χ0v) is 8.90. The van der Waals surface area contributed by atoms with Gasteiger partial charge in [-0.3, -0.25) is 9.78 Å². The number of aromatic nitrogens is 3. The van der Waals surface area contributed by atoms with Crippen LogP contribution in [0.4, 0.5) is 5.82 Å². The van der Waals surface area contributed by atoms with Gasteiger partial charge in [-0.2, -0.15) is 0 Å². The molecule has 0 saturated carbocycles. The van der Waals surface area contributed by atoms with Gasteiger partial charge in [0.05, 0.1) is 12.2 Å². The molecule has 0 aliphatic rings. The van der Waals surface area contributed by atoms with E-state index in [1.54, 1.807) is 6.20 Å². The molecule has 2 heterocycles. The van der Waals surface area contributed by atoms with E-state index in [1.165, 1.54) is 12.4 Å². The van der Waals surface area contributed by atoms with Gasteiger partial charge >= 0.3 is 0 Å². The van der Waals surface area contributed by atoms with Crippen LogP contribution in [0.25, 0.3) is 0 Å². The zero-order chi connectivity index (χ0) is 11.4. The van der Waals surface area contributed by atoms with Crippen LogP contribution in [0.5, 0.6) is 0 Å². The van der Waals surface area contributed by atoms with E-state index in [-0.39, 0.29) is 5.56 Å². The number of rotatable bonds is 3. The molecular formula is C11H12N4O. The summed E-state index contributed by atoms with van der Waals surface area (Å²) in [6.45, 7) is 2.47. The maximum absolute atomic E-state index is 11.3. The summed E-state index contributed by atoms with van der Waals surface area (Å²) in [5, 5.41) is 2.95. The minimum Gasteiger partial charge on any atom is -0.360 e. The van der Waals surface area contributed by atoms with Crippen LogP contribution in [-0.4, -0.2) is 15.0 Å². The predicted octanol–water partition coefficient (Wildman–Crippen LogP) is 1.09. The number of H-pyrrole nitrogens is 1. The highest BCUT2D eigenvalue weighted by atomic mass is 16.1. The van der Waals surface area contributed by atoms with Crippen LogP contribution in [0.15, 0.2) is 35.5 Å². The summed E-state index contributed by atoms with van der Waals surface area (Å²) in [4.78, 5) is 22.0. The number of pyridine rings is 1. The summed E-state index contributed by atoms with van der Waals surface area (Å²) in [6, 6.07) is 3.86. The Hall–Kier alpha value is -2.17. The van der Waals surface area contributed by atoms with E-state index >= 15 is 0 Å². The largest absolute Gasteiger partial charge is 0.360 e. The molecule has 0 fully saturated rings. The molecule has 5 heteroatoms. The Morgan fingerprint density at radius 2 is 2.25 bits per heavy atom. The number of hydrogen-bond donors (Lipinski definition) is 2. The van der Waals surface area contributed by atoms with Crippen LogP contribution in [0.1, 0.15) is 11.3 Å². The standard InChI is InChI=1S/C11H12N4O/c1-8-3-2-4-12-9(8)7-15-10-11(16)14-6-5-13-10/h2-6H,7H2,1H3,(H,13,15)(H,14,16). The predicted molar refractivity (Wildman–Crippen MR) is 61.2 cm³/mol. The SMILES string of the molecule is Cc1cccnc1CNc1ncc[nH]c1=O. The van der Waals surface area contributed by atoms with E-state index in [0.29, 0.717) is 12.4 Å². The van der Waals surface area contributed by atoms with E-state index < -0.39 is 0 Å². The summed E-state index contributed by atoms with van der Waals surface area (Å²) in [7, 11) is 0. The Bertz CT molecular complexity index is 535. The summed E-state index contributed by atoms with van der Waals surface area (Å²) in [6.07, 6.45) is 4.77. The van der Waals surface area contributed by atoms with Crippen molar-refractivity contribution < 1.29 is 0 Å². The maximum atomic E-state index is 11.3. The van der Waals surface area contributed by atoms with Crippen molar-refractivity contribution in [2.24, 2.45) is 0 Å². The van der Waals surface area contributed by atoms with Crippen molar-refractivity contribution in [2.45, 2.75) is 13.5 Å². The normalized spacial score (nSPS) is 10.1. The van der Waals surface area contributed by atoms with E-state index in [1.807, 2.05) is 19.1 Å². The number of nitrogens with one attached hydrogen (secondary N) is 2. The second-order valence-corrected chi connectivity index (χ2v) is 3.39. The fourth-order valence-electron chi connectivity index (χ4n) is 1.35. The minimum absolute atomic E-state index is 0.226. The molecule has 82 valence electrons. The second-order valence-electron chi connectivity index (χ2n) is 3.39. The lowest BCUT2D eigenvalue weighted by Crippen LogP contribution is -2.15. The molecular weight excluding hydrogens is 204 g/mol. The van der Waals surface area contributed by atoms with Gasteiger partial charge in [-0.1, -0.05) is 6.07 Å². The number of hydrogen-bond acceptors (Lipinski definition) is 4. The van der Waals surface area contributed by atoms with E-state index in [4.69, 9.17) is 0 Å². The third kappa shape index (κ3) is 2.25. The first kappa shape index (κ1) is 10.4. The van der Waals surface area contributed by atoms with E-state index in [0.717, 1.165) is 11.3 Å². The highest BCUT2D eigenvalue weighted by molar-refractivity contribution is 5.32. The van der Waals surface area contributed by atoms with Gasteiger partial charge < -0.3 is 10.3 Å². The average molecular weight is 216 g/mol. The number of aryl methyl sites for hydroxylation is 1. The average Bonchev–Trinajstić information content (AvgIpc) is 2.30. The second kappa shape index (κ2) is 4.57. The Kier molecular flexibility index (Phi) is 2.95. The number of anilines is 1. The molecule has 0 aliphatic heterocycles. The zero-order valence-electron chi connectivity index (χ0n) is 8.90. The molecule has 5 nitrogen and oxygen atoms in total. The van der Waals surface area contributed by atoms with Gasteiger partial charge in [0.2, 0.25) is 0 Å². The summed E-state index contributed by atoms with van der Waals surface area (Å²) in [5.41, 5.74) is 1.77. The molecule has 0 saturated heterocycles. The summed E-state index contributed by atoms with van der Waals surface area (Å²) < 4.78 is 0. The molecule has 0 atom stereocenters. The van der Waals surface area contributed by atoms with Crippen molar-refractivity contribution >= 4 is 5.82 Å². The quantitative estimate of drug-likeness (QED) is 0.805. The van der Waals surface area contributed by atoms with Gasteiger partial charge in [-0.05, 0) is 18.6 Å². The molecule has 0 radical (unpaired) electrons. The fourth-order valence-corrected chi connectivity index (χ4v) is 1.35. The van der Waals surface area contributed by atoms with Crippen molar-refractivity contribution in [1.29, 1.82) is 0 Å². The van der Waals surface area contributed by atoms with Crippen LogP contribution >= 0.6 is 0 Å². The Morgan fingerprint density at radius 3 is 3.00 bits per heavy atom. The molecule has 0 bridgehead atoms. The molecule has 2 rings (SSSR count). The summed E-state index contributed by atoms with van der Waals surface area (Å²) >= 11 is 0. The Balaban J connectivity index is 2.12. The van der Waals surface area contributed by atoms with E-state index in [2.05, 4.69) is 20.3 Å². The lowest BCUT2D eigenvalue weighted by atomic mass is 10.2. The molecule has 2 aromatic rings. The van der Waals surface area contributed by atoms with Gasteiger partial charge in [0.25, 0.3) is 5.56 Å². The van der Waals surface area contributed by atoms with Crippen LogP contribution < -0.4 is 10.9 Å². The molecule has 0 unspecified atom stereocenters. The highest BCUT2D eigenvalue weighted by Crippen LogP contribution is 2.04. The number of aromatic amines is 1. The summed E-state index contributed by atoms with van der Waals surface area (Å²) in [5.74, 6) is 0.313. The van der Waals surface area contributed by atoms with Crippen LogP contribution in [0.2, 0.25) is 0 Å². The molecule has 0 spiro atoms. The molecule has 0 aliphatic carbocycles. The first-order valence-corrected chi connectivity index (χ1v) is 4.95. The Labute approximate surface area is 92.6 Å². The van der Waals surface area contributed by atoms with Crippen molar-refractivity contribution in [2.75, 3.05) is 5.32 Å². The smallest absolute Gasteiger partial charge is 0.290 e. The molecule has 2 aromatic heterocycles. The maximum Gasteiger partial charge on any atom is 0.290 e. The van der Waals surface area contributed by atoms with Gasteiger partial charge in [0, 0.05) is 18.6 Å². The van der Waals surface area contributed by atoms with Crippen molar-refractivity contribution in [1.82, 2.24) is 15.0 Å². The van der Waals surface area contributed by atoms with Crippen molar-refractivity contribution in [3.8, 4) is 0 Å². The molecule has 2 N–H and O–H groups in total. The first-order valence-electron chi connectivity index (χ1n) is 4.95. The van der Waals surface area contributed by atoms with Crippen molar-refractivity contribution in [3.05, 3.63) is 52.3 Å². The van der Waals surface area contributed by atoms with Gasteiger partial charge in [0.15, 0.2) is 5.82 Å². The molecule has 0 amide bonds. The molecule has 0 aromatic carbocycles. The minimum atomic E-state index is -0.226. The first-order chi connectivity index (χ1) is 7.77. The lowest BCUT2D eigenvalue weighted by molar-refractivity contribution is 0.989. The van der Waals surface area contributed by atoms with Gasteiger partial charge in [-0.15, -0.1) is 0 Å². The fraction of sp³-hybridized carbons (Fsp3) is 0.182. The number of nitrogens with zero attached hydrogens (tertiary/aromatic N) is 2.